The highest BCUT2D eigenvalue weighted by atomic mass is 15.3. The van der Waals surface area contributed by atoms with Gasteiger partial charge in [-0.05, 0) is 32.9 Å². The minimum absolute atomic E-state index is 0.697. The van der Waals surface area contributed by atoms with Gasteiger partial charge in [-0.25, -0.2) is 0 Å². The highest BCUT2D eigenvalue weighted by Crippen LogP contribution is 2.26. The molecule has 2 rings (SSSR count). The molecule has 0 spiro atoms. The van der Waals surface area contributed by atoms with Gasteiger partial charge in [0, 0.05) is 38.3 Å². The van der Waals surface area contributed by atoms with Gasteiger partial charge in [-0.15, -0.1) is 0 Å². The van der Waals surface area contributed by atoms with E-state index in [1.807, 2.05) is 0 Å². The van der Waals surface area contributed by atoms with E-state index in [1.54, 1.807) is 0 Å². The first-order chi connectivity index (χ1) is 8.70. The van der Waals surface area contributed by atoms with E-state index >= 15 is 0 Å². The first-order valence-electron chi connectivity index (χ1n) is 7.83. The minimum atomic E-state index is 0.697. The fourth-order valence-electron chi connectivity index (χ4n) is 3.57. The highest BCUT2D eigenvalue weighted by molar-refractivity contribution is 4.85. The van der Waals surface area contributed by atoms with Gasteiger partial charge in [-0.1, -0.05) is 26.2 Å². The van der Waals surface area contributed by atoms with Crippen LogP contribution in [0.5, 0.6) is 0 Å². The van der Waals surface area contributed by atoms with Crippen LogP contribution < -0.4 is 5.32 Å². The number of hydrogen-bond donors (Lipinski definition) is 1. The van der Waals surface area contributed by atoms with E-state index in [0.29, 0.717) is 6.04 Å². The molecule has 1 N–H and O–H groups in total. The van der Waals surface area contributed by atoms with Crippen LogP contribution in [0.1, 0.15) is 39.0 Å². The summed E-state index contributed by atoms with van der Waals surface area (Å²) in [6.45, 7) is 7.17. The molecule has 1 aliphatic carbocycles. The monoisotopic (exact) mass is 253 g/mol. The van der Waals surface area contributed by atoms with Crippen LogP contribution in [0.4, 0.5) is 0 Å². The molecule has 18 heavy (non-hydrogen) atoms. The Hall–Kier alpha value is -0.120. The van der Waals surface area contributed by atoms with Crippen molar-refractivity contribution in [2.24, 2.45) is 5.92 Å². The van der Waals surface area contributed by atoms with Crippen molar-refractivity contribution in [3.63, 3.8) is 0 Å². The van der Waals surface area contributed by atoms with Crippen LogP contribution in [0, 0.1) is 5.92 Å². The van der Waals surface area contributed by atoms with Crippen molar-refractivity contribution in [2.75, 3.05) is 40.3 Å². The fourth-order valence-corrected chi connectivity index (χ4v) is 3.57. The normalized spacial score (nSPS) is 35.8. The summed E-state index contributed by atoms with van der Waals surface area (Å²) < 4.78 is 0. The van der Waals surface area contributed by atoms with Crippen molar-refractivity contribution in [2.45, 2.75) is 51.1 Å². The second-order valence-corrected chi connectivity index (χ2v) is 6.36. The van der Waals surface area contributed by atoms with Gasteiger partial charge in [0.2, 0.25) is 0 Å². The SMILES string of the molecule is CCC1CCCCC1NCC1CN(C)CCN1C. The number of piperazine rings is 1. The van der Waals surface area contributed by atoms with Crippen LogP contribution in [0.25, 0.3) is 0 Å². The molecule has 3 unspecified atom stereocenters. The van der Waals surface area contributed by atoms with Crippen LogP contribution in [0.2, 0.25) is 0 Å². The van der Waals surface area contributed by atoms with Crippen LogP contribution in [0.3, 0.4) is 0 Å². The molecule has 0 amide bonds. The van der Waals surface area contributed by atoms with Gasteiger partial charge in [-0.3, -0.25) is 4.90 Å². The summed E-state index contributed by atoms with van der Waals surface area (Å²) in [5.74, 6) is 0.922. The second kappa shape index (κ2) is 6.88. The Kier molecular flexibility index (Phi) is 5.46. The maximum absolute atomic E-state index is 3.87. The number of likely N-dealkylation sites (N-methyl/N-ethyl adjacent to an activating group) is 2. The molecular weight excluding hydrogens is 222 g/mol. The van der Waals surface area contributed by atoms with Crippen molar-refractivity contribution >= 4 is 0 Å². The molecule has 1 aliphatic heterocycles. The molecular formula is C15H31N3. The molecule has 106 valence electrons. The molecule has 0 aromatic rings. The van der Waals surface area contributed by atoms with Gasteiger partial charge < -0.3 is 10.2 Å². The Morgan fingerprint density at radius 1 is 1.11 bits per heavy atom. The Morgan fingerprint density at radius 3 is 2.67 bits per heavy atom. The molecule has 2 aliphatic rings. The number of nitrogens with one attached hydrogen (secondary N) is 1. The second-order valence-electron chi connectivity index (χ2n) is 6.36. The lowest BCUT2D eigenvalue weighted by Gasteiger charge is -2.40. The van der Waals surface area contributed by atoms with Gasteiger partial charge in [-0.2, -0.15) is 0 Å². The van der Waals surface area contributed by atoms with E-state index in [4.69, 9.17) is 0 Å². The summed E-state index contributed by atoms with van der Waals surface area (Å²) in [4.78, 5) is 4.99. The van der Waals surface area contributed by atoms with E-state index in [2.05, 4.69) is 36.1 Å². The van der Waals surface area contributed by atoms with E-state index in [-0.39, 0.29) is 0 Å². The molecule has 2 fully saturated rings. The fraction of sp³-hybridized carbons (Fsp3) is 1.00. The predicted molar refractivity (Wildman–Crippen MR) is 78.0 cm³/mol. The zero-order valence-electron chi connectivity index (χ0n) is 12.5. The lowest BCUT2D eigenvalue weighted by atomic mass is 9.83. The standard InChI is InChI=1S/C15H31N3/c1-4-13-7-5-6-8-15(13)16-11-14-12-17(2)9-10-18(14)3/h13-16H,4-12H2,1-3H3. The first-order valence-corrected chi connectivity index (χ1v) is 7.83. The molecule has 3 atom stereocenters. The zero-order chi connectivity index (χ0) is 13.0. The lowest BCUT2D eigenvalue weighted by molar-refractivity contribution is 0.106. The molecule has 1 heterocycles. The average Bonchev–Trinajstić information content (AvgIpc) is 2.40. The summed E-state index contributed by atoms with van der Waals surface area (Å²) in [5, 5.41) is 3.87. The smallest absolute Gasteiger partial charge is 0.0345 e. The van der Waals surface area contributed by atoms with Crippen molar-refractivity contribution in [1.29, 1.82) is 0 Å². The van der Waals surface area contributed by atoms with Crippen molar-refractivity contribution in [3.05, 3.63) is 0 Å². The van der Waals surface area contributed by atoms with Gasteiger partial charge >= 0.3 is 0 Å². The van der Waals surface area contributed by atoms with Gasteiger partial charge in [0.25, 0.3) is 0 Å². The highest BCUT2D eigenvalue weighted by Gasteiger charge is 2.26. The molecule has 0 radical (unpaired) electrons. The van der Waals surface area contributed by atoms with E-state index in [1.165, 1.54) is 58.3 Å². The third kappa shape index (κ3) is 3.69. The van der Waals surface area contributed by atoms with Crippen molar-refractivity contribution < 1.29 is 0 Å². The quantitative estimate of drug-likeness (QED) is 0.824. The Labute approximate surface area is 113 Å². The largest absolute Gasteiger partial charge is 0.312 e. The molecule has 1 saturated carbocycles. The maximum Gasteiger partial charge on any atom is 0.0345 e. The lowest BCUT2D eigenvalue weighted by Crippen LogP contribution is -2.55. The molecule has 0 aromatic heterocycles. The van der Waals surface area contributed by atoms with Crippen LogP contribution in [0.15, 0.2) is 0 Å². The third-order valence-electron chi connectivity index (χ3n) is 5.03. The van der Waals surface area contributed by atoms with Crippen LogP contribution in [-0.4, -0.2) is 62.2 Å². The summed E-state index contributed by atoms with van der Waals surface area (Å²) >= 11 is 0. The van der Waals surface area contributed by atoms with E-state index < -0.39 is 0 Å². The molecule has 3 nitrogen and oxygen atoms in total. The minimum Gasteiger partial charge on any atom is -0.312 e. The number of rotatable bonds is 4. The van der Waals surface area contributed by atoms with Gasteiger partial charge in [0.1, 0.15) is 0 Å². The zero-order valence-corrected chi connectivity index (χ0v) is 12.5. The number of hydrogen-bond acceptors (Lipinski definition) is 3. The Balaban J connectivity index is 1.78. The average molecular weight is 253 g/mol. The van der Waals surface area contributed by atoms with Gasteiger partial charge in [0.05, 0.1) is 0 Å². The summed E-state index contributed by atoms with van der Waals surface area (Å²) in [5.41, 5.74) is 0. The molecule has 3 heteroatoms. The molecule has 0 bridgehead atoms. The Bertz CT molecular complexity index is 242. The molecule has 1 saturated heterocycles. The maximum atomic E-state index is 3.87. The topological polar surface area (TPSA) is 18.5 Å². The number of nitrogens with zero attached hydrogens (tertiary/aromatic N) is 2. The van der Waals surface area contributed by atoms with Crippen molar-refractivity contribution in [1.82, 2.24) is 15.1 Å². The van der Waals surface area contributed by atoms with E-state index in [0.717, 1.165) is 12.0 Å². The molecule has 0 aromatic carbocycles. The predicted octanol–water partition coefficient (Wildman–Crippen LogP) is 1.79. The van der Waals surface area contributed by atoms with Gasteiger partial charge in [0.15, 0.2) is 0 Å². The van der Waals surface area contributed by atoms with E-state index in [9.17, 15) is 0 Å². The summed E-state index contributed by atoms with van der Waals surface area (Å²) in [6, 6.07) is 1.48. The Morgan fingerprint density at radius 2 is 1.89 bits per heavy atom. The summed E-state index contributed by atoms with van der Waals surface area (Å²) in [6.07, 6.45) is 7.05. The van der Waals surface area contributed by atoms with Crippen LogP contribution in [-0.2, 0) is 0 Å². The third-order valence-corrected chi connectivity index (χ3v) is 5.03. The van der Waals surface area contributed by atoms with Crippen molar-refractivity contribution in [3.8, 4) is 0 Å². The first kappa shape index (κ1) is 14.3. The van der Waals surface area contributed by atoms with Crippen LogP contribution >= 0.6 is 0 Å². The summed E-state index contributed by atoms with van der Waals surface area (Å²) in [7, 11) is 4.52.